The van der Waals surface area contributed by atoms with E-state index < -0.39 is 27.8 Å². The fourth-order valence-electron chi connectivity index (χ4n) is 1.60. The van der Waals surface area contributed by atoms with Crippen LogP contribution >= 0.6 is 0 Å². The Bertz CT molecular complexity index is 676. The molecule has 0 aliphatic carbocycles. The van der Waals surface area contributed by atoms with Crippen LogP contribution in [0.1, 0.15) is 0 Å². The Morgan fingerprint density at radius 3 is 2.00 bits per heavy atom. The van der Waals surface area contributed by atoms with Gasteiger partial charge in [0.15, 0.2) is 5.75 Å². The summed E-state index contributed by atoms with van der Waals surface area (Å²) in [6.45, 7) is 0. The van der Waals surface area contributed by atoms with Gasteiger partial charge >= 0.3 is 10.4 Å². The zero-order chi connectivity index (χ0) is 14.0. The first kappa shape index (κ1) is 13.4. The first-order chi connectivity index (χ1) is 8.87. The molecule has 2 aromatic carbocycles. The average molecular weight is 286 g/mol. The van der Waals surface area contributed by atoms with Crippen molar-refractivity contribution in [1.82, 2.24) is 0 Å². The highest BCUT2D eigenvalue weighted by Crippen LogP contribution is 2.29. The summed E-state index contributed by atoms with van der Waals surface area (Å²) in [4.78, 5) is 0. The molecule has 0 amide bonds. The molecule has 0 saturated carbocycles. The third kappa shape index (κ3) is 3.27. The molecule has 0 unspecified atom stereocenters. The van der Waals surface area contributed by atoms with E-state index in [1.807, 2.05) is 0 Å². The molecule has 0 spiro atoms. The Morgan fingerprint density at radius 1 is 1.00 bits per heavy atom. The molecule has 7 heteroatoms. The summed E-state index contributed by atoms with van der Waals surface area (Å²) in [5, 5.41) is 0. The van der Waals surface area contributed by atoms with Gasteiger partial charge in [0, 0.05) is 12.1 Å². The van der Waals surface area contributed by atoms with Crippen LogP contribution in [0.25, 0.3) is 11.1 Å². The van der Waals surface area contributed by atoms with E-state index in [1.165, 1.54) is 12.1 Å². The molecular weight excluding hydrogens is 278 g/mol. The number of hydrogen-bond donors (Lipinski definition) is 1. The maximum Gasteiger partial charge on any atom is 0.446 e. The molecule has 0 aliphatic heterocycles. The molecule has 0 saturated heterocycles. The third-order valence-corrected chi connectivity index (χ3v) is 2.68. The fraction of sp³-hybridized carbons (Fsp3) is 0. The zero-order valence-electron chi connectivity index (χ0n) is 9.38. The van der Waals surface area contributed by atoms with Crippen molar-refractivity contribution in [3.8, 4) is 16.9 Å². The predicted octanol–water partition coefficient (Wildman–Crippen LogP) is 2.81. The van der Waals surface area contributed by atoms with E-state index in [0.29, 0.717) is 17.7 Å². The van der Waals surface area contributed by atoms with Gasteiger partial charge in [0.2, 0.25) is 0 Å². The zero-order valence-corrected chi connectivity index (χ0v) is 10.2. The van der Waals surface area contributed by atoms with E-state index in [1.54, 1.807) is 18.2 Å². The molecular formula is C12H8F2O4S. The standard InChI is InChI=1S/C12H8F2O4S/c13-10-6-9(18-19(15,16)17)7-11(14)12(10)8-4-2-1-3-5-8/h1-7H,(H,15,16,17). The monoisotopic (exact) mass is 286 g/mol. The normalized spacial score (nSPS) is 11.3. The molecule has 0 fully saturated rings. The molecule has 4 nitrogen and oxygen atoms in total. The van der Waals surface area contributed by atoms with Gasteiger partial charge in [-0.25, -0.2) is 8.78 Å². The summed E-state index contributed by atoms with van der Waals surface area (Å²) in [7, 11) is -4.82. The lowest BCUT2D eigenvalue weighted by molar-refractivity contribution is 0.385. The predicted molar refractivity (Wildman–Crippen MR) is 64.0 cm³/mol. The first-order valence-electron chi connectivity index (χ1n) is 5.08. The van der Waals surface area contributed by atoms with Crippen molar-refractivity contribution in [3.63, 3.8) is 0 Å². The van der Waals surface area contributed by atoms with Crippen molar-refractivity contribution < 1.29 is 25.9 Å². The molecule has 100 valence electrons. The lowest BCUT2D eigenvalue weighted by Crippen LogP contribution is -2.07. The van der Waals surface area contributed by atoms with E-state index >= 15 is 0 Å². The highest BCUT2D eigenvalue weighted by Gasteiger charge is 2.16. The second-order valence-corrected chi connectivity index (χ2v) is 4.66. The van der Waals surface area contributed by atoms with Crippen LogP contribution in [0.5, 0.6) is 5.75 Å². The number of hydrogen-bond acceptors (Lipinski definition) is 3. The number of benzene rings is 2. The largest absolute Gasteiger partial charge is 0.446 e. The first-order valence-corrected chi connectivity index (χ1v) is 6.45. The van der Waals surface area contributed by atoms with E-state index in [9.17, 15) is 17.2 Å². The smallest absolute Gasteiger partial charge is 0.362 e. The van der Waals surface area contributed by atoms with E-state index in [2.05, 4.69) is 4.18 Å². The minimum Gasteiger partial charge on any atom is -0.362 e. The second kappa shape index (κ2) is 4.94. The Hall–Kier alpha value is -1.99. The summed E-state index contributed by atoms with van der Waals surface area (Å²) in [6, 6.07) is 9.27. The Morgan fingerprint density at radius 2 is 1.53 bits per heavy atom. The molecule has 0 heterocycles. The van der Waals surface area contributed by atoms with Crippen LogP contribution in [0.4, 0.5) is 8.78 Å². The maximum absolute atomic E-state index is 13.8. The molecule has 0 bridgehead atoms. The number of halogens is 2. The fourth-order valence-corrected chi connectivity index (χ4v) is 1.94. The van der Waals surface area contributed by atoms with Crippen LogP contribution in [-0.2, 0) is 10.4 Å². The summed E-state index contributed by atoms with van der Waals surface area (Å²) < 4.78 is 60.9. The van der Waals surface area contributed by atoms with Crippen LogP contribution in [0.3, 0.4) is 0 Å². The van der Waals surface area contributed by atoms with Gasteiger partial charge in [-0.15, -0.1) is 0 Å². The van der Waals surface area contributed by atoms with Crippen LogP contribution in [0.15, 0.2) is 42.5 Å². The molecule has 0 radical (unpaired) electrons. The average Bonchev–Trinajstić information content (AvgIpc) is 2.27. The van der Waals surface area contributed by atoms with Crippen molar-refractivity contribution in [2.45, 2.75) is 0 Å². The Kier molecular flexibility index (Phi) is 3.50. The van der Waals surface area contributed by atoms with E-state index in [4.69, 9.17) is 4.55 Å². The summed E-state index contributed by atoms with van der Waals surface area (Å²) in [5.41, 5.74) is -0.000747. The Labute approximate surface area is 108 Å². The minimum atomic E-state index is -4.82. The van der Waals surface area contributed by atoms with Gasteiger partial charge in [-0.3, -0.25) is 4.55 Å². The topological polar surface area (TPSA) is 63.6 Å². The lowest BCUT2D eigenvalue weighted by Gasteiger charge is -2.07. The summed E-state index contributed by atoms with van der Waals surface area (Å²) >= 11 is 0. The Balaban J connectivity index is 2.50. The minimum absolute atomic E-state index is 0.302. The molecule has 0 atom stereocenters. The van der Waals surface area contributed by atoms with Gasteiger partial charge in [-0.2, -0.15) is 8.42 Å². The highest BCUT2D eigenvalue weighted by molar-refractivity contribution is 7.81. The summed E-state index contributed by atoms with van der Waals surface area (Å²) in [6.07, 6.45) is 0. The van der Waals surface area contributed by atoms with Crippen molar-refractivity contribution in [3.05, 3.63) is 54.1 Å². The summed E-state index contributed by atoms with van der Waals surface area (Å²) in [5.74, 6) is -2.63. The van der Waals surface area contributed by atoms with Crippen molar-refractivity contribution >= 4 is 10.4 Å². The lowest BCUT2D eigenvalue weighted by atomic mass is 10.0. The highest BCUT2D eigenvalue weighted by atomic mass is 32.3. The van der Waals surface area contributed by atoms with Gasteiger partial charge < -0.3 is 4.18 Å². The van der Waals surface area contributed by atoms with Gasteiger partial charge in [0.1, 0.15) is 11.6 Å². The molecule has 0 aromatic heterocycles. The van der Waals surface area contributed by atoms with Crippen LogP contribution in [0.2, 0.25) is 0 Å². The van der Waals surface area contributed by atoms with Crippen LogP contribution in [0, 0.1) is 11.6 Å². The molecule has 1 N–H and O–H groups in total. The molecule has 2 aromatic rings. The van der Waals surface area contributed by atoms with Crippen molar-refractivity contribution in [1.29, 1.82) is 0 Å². The van der Waals surface area contributed by atoms with Crippen LogP contribution in [-0.4, -0.2) is 13.0 Å². The van der Waals surface area contributed by atoms with E-state index in [0.717, 1.165) is 0 Å². The van der Waals surface area contributed by atoms with Crippen LogP contribution < -0.4 is 4.18 Å². The van der Waals surface area contributed by atoms with E-state index in [-0.39, 0.29) is 5.56 Å². The second-order valence-electron chi connectivity index (χ2n) is 3.64. The molecule has 0 aliphatic rings. The number of rotatable bonds is 3. The molecule has 19 heavy (non-hydrogen) atoms. The SMILES string of the molecule is O=S(=O)(O)Oc1cc(F)c(-c2ccccc2)c(F)c1. The molecule has 2 rings (SSSR count). The maximum atomic E-state index is 13.8. The quantitative estimate of drug-likeness (QED) is 0.881. The van der Waals surface area contributed by atoms with Gasteiger partial charge in [0.05, 0.1) is 5.56 Å². The van der Waals surface area contributed by atoms with Crippen molar-refractivity contribution in [2.24, 2.45) is 0 Å². The van der Waals surface area contributed by atoms with Crippen molar-refractivity contribution in [2.75, 3.05) is 0 Å². The van der Waals surface area contributed by atoms with Gasteiger partial charge in [0.25, 0.3) is 0 Å². The van der Waals surface area contributed by atoms with Gasteiger partial charge in [-0.05, 0) is 5.56 Å². The third-order valence-electron chi connectivity index (χ3n) is 2.28. The van der Waals surface area contributed by atoms with Gasteiger partial charge in [-0.1, -0.05) is 30.3 Å².